The number of hydrogen-bond donors (Lipinski definition) is 2. The second-order valence-corrected chi connectivity index (χ2v) is 5.58. The highest BCUT2D eigenvalue weighted by Crippen LogP contribution is 2.20. The zero-order valence-electron chi connectivity index (χ0n) is 12.7. The lowest BCUT2D eigenvalue weighted by atomic mass is 10.1. The normalized spacial score (nSPS) is 16.9. The molecule has 1 saturated heterocycles. The molecule has 0 aromatic heterocycles. The molecule has 0 bridgehead atoms. The van der Waals surface area contributed by atoms with Gasteiger partial charge < -0.3 is 20.6 Å². The molecule has 1 aliphatic heterocycles. The average molecular weight is 291 g/mol. The fourth-order valence-corrected chi connectivity index (χ4v) is 2.63. The molecule has 1 aliphatic rings. The first kappa shape index (κ1) is 15.6. The second kappa shape index (κ2) is 7.31. The number of unbranched alkanes of at least 4 members (excludes halogenated alkanes) is 1. The van der Waals surface area contributed by atoms with E-state index < -0.39 is 0 Å². The molecule has 1 aromatic carbocycles. The van der Waals surface area contributed by atoms with E-state index in [1.807, 2.05) is 17.0 Å². The lowest BCUT2D eigenvalue weighted by Gasteiger charge is -2.37. The number of carbonyl (C=O) groups is 1. The van der Waals surface area contributed by atoms with Crippen LogP contribution < -0.4 is 10.6 Å². The van der Waals surface area contributed by atoms with Gasteiger partial charge >= 0.3 is 0 Å². The molecule has 1 amide bonds. The summed E-state index contributed by atoms with van der Waals surface area (Å²) in [5, 5.41) is 9.32. The molecular weight excluding hydrogens is 266 g/mol. The Balaban J connectivity index is 1.85. The maximum atomic E-state index is 12.2. The molecule has 1 atom stereocenters. The summed E-state index contributed by atoms with van der Waals surface area (Å²) in [5.41, 5.74) is 7.04. The molecular formula is C16H25N3O2. The number of aromatic hydroxyl groups is 1. The van der Waals surface area contributed by atoms with E-state index >= 15 is 0 Å². The topological polar surface area (TPSA) is 69.8 Å². The van der Waals surface area contributed by atoms with Crippen LogP contribution >= 0.6 is 0 Å². The van der Waals surface area contributed by atoms with E-state index in [2.05, 4.69) is 11.8 Å². The Morgan fingerprint density at radius 1 is 1.24 bits per heavy atom. The summed E-state index contributed by atoms with van der Waals surface area (Å²) >= 11 is 0. The minimum Gasteiger partial charge on any atom is -0.508 e. The van der Waals surface area contributed by atoms with Crippen LogP contribution in [0.3, 0.4) is 0 Å². The Hall–Kier alpha value is -1.75. The van der Waals surface area contributed by atoms with Crippen molar-refractivity contribution < 1.29 is 9.90 Å². The summed E-state index contributed by atoms with van der Waals surface area (Å²) in [6.07, 6.45) is 2.84. The number of hydrogen-bond acceptors (Lipinski definition) is 4. The van der Waals surface area contributed by atoms with Crippen LogP contribution in [0.1, 0.15) is 26.2 Å². The SMILES string of the molecule is CCCC[C@H](N)C(=O)N1CCN(c2ccc(O)cc2)CC1. The Kier molecular flexibility index (Phi) is 5.44. The van der Waals surface area contributed by atoms with Gasteiger partial charge in [-0.25, -0.2) is 0 Å². The van der Waals surface area contributed by atoms with Gasteiger partial charge in [-0.05, 0) is 30.7 Å². The third kappa shape index (κ3) is 4.11. The van der Waals surface area contributed by atoms with Crippen LogP contribution in [-0.2, 0) is 4.79 Å². The van der Waals surface area contributed by atoms with Crippen molar-refractivity contribution in [3.05, 3.63) is 24.3 Å². The van der Waals surface area contributed by atoms with Gasteiger partial charge in [0.1, 0.15) is 5.75 Å². The number of nitrogens with zero attached hydrogens (tertiary/aromatic N) is 2. The van der Waals surface area contributed by atoms with Crippen molar-refractivity contribution >= 4 is 11.6 Å². The van der Waals surface area contributed by atoms with Crippen molar-refractivity contribution in [2.45, 2.75) is 32.2 Å². The van der Waals surface area contributed by atoms with Crippen molar-refractivity contribution in [3.8, 4) is 5.75 Å². The van der Waals surface area contributed by atoms with Crippen molar-refractivity contribution in [1.82, 2.24) is 4.90 Å². The molecule has 0 aliphatic carbocycles. The van der Waals surface area contributed by atoms with Crippen LogP contribution in [0.2, 0.25) is 0 Å². The molecule has 1 fully saturated rings. The lowest BCUT2D eigenvalue weighted by molar-refractivity contribution is -0.133. The first-order valence-corrected chi connectivity index (χ1v) is 7.70. The highest BCUT2D eigenvalue weighted by Gasteiger charge is 2.24. The predicted octanol–water partition coefficient (Wildman–Crippen LogP) is 1.56. The van der Waals surface area contributed by atoms with Crippen molar-refractivity contribution in [2.24, 2.45) is 5.73 Å². The smallest absolute Gasteiger partial charge is 0.239 e. The van der Waals surface area contributed by atoms with Gasteiger partial charge in [0.15, 0.2) is 0 Å². The lowest BCUT2D eigenvalue weighted by Crippen LogP contribution is -2.53. The van der Waals surface area contributed by atoms with E-state index in [1.54, 1.807) is 12.1 Å². The van der Waals surface area contributed by atoms with E-state index in [-0.39, 0.29) is 17.7 Å². The Morgan fingerprint density at radius 2 is 1.86 bits per heavy atom. The fraction of sp³-hybridized carbons (Fsp3) is 0.562. The molecule has 5 heteroatoms. The number of nitrogens with two attached hydrogens (primary N) is 1. The highest BCUT2D eigenvalue weighted by molar-refractivity contribution is 5.81. The number of benzene rings is 1. The fourth-order valence-electron chi connectivity index (χ4n) is 2.63. The third-order valence-corrected chi connectivity index (χ3v) is 3.99. The zero-order chi connectivity index (χ0) is 15.2. The van der Waals surface area contributed by atoms with E-state index in [1.165, 1.54) is 0 Å². The Morgan fingerprint density at radius 3 is 2.43 bits per heavy atom. The van der Waals surface area contributed by atoms with E-state index in [4.69, 9.17) is 5.73 Å². The van der Waals surface area contributed by atoms with E-state index in [9.17, 15) is 9.90 Å². The van der Waals surface area contributed by atoms with Gasteiger partial charge in [0.25, 0.3) is 0 Å². The average Bonchev–Trinajstić information content (AvgIpc) is 2.53. The summed E-state index contributed by atoms with van der Waals surface area (Å²) in [4.78, 5) is 16.3. The molecule has 5 nitrogen and oxygen atoms in total. The number of piperazine rings is 1. The molecule has 21 heavy (non-hydrogen) atoms. The van der Waals surface area contributed by atoms with Gasteiger partial charge in [-0.1, -0.05) is 19.8 Å². The first-order valence-electron chi connectivity index (χ1n) is 7.70. The number of anilines is 1. The number of phenolic OH excluding ortho intramolecular Hbond substituents is 1. The van der Waals surface area contributed by atoms with Gasteiger partial charge in [-0.3, -0.25) is 4.79 Å². The Labute approximate surface area is 126 Å². The second-order valence-electron chi connectivity index (χ2n) is 5.58. The van der Waals surface area contributed by atoms with Crippen LogP contribution in [0.5, 0.6) is 5.75 Å². The maximum Gasteiger partial charge on any atom is 0.239 e. The molecule has 2 rings (SSSR count). The predicted molar refractivity (Wildman–Crippen MR) is 84.4 cm³/mol. The highest BCUT2D eigenvalue weighted by atomic mass is 16.3. The van der Waals surface area contributed by atoms with Crippen LogP contribution in [0.15, 0.2) is 24.3 Å². The van der Waals surface area contributed by atoms with Crippen LogP contribution in [0.4, 0.5) is 5.69 Å². The van der Waals surface area contributed by atoms with Crippen molar-refractivity contribution in [3.63, 3.8) is 0 Å². The zero-order valence-corrected chi connectivity index (χ0v) is 12.7. The number of amides is 1. The van der Waals surface area contributed by atoms with Crippen LogP contribution in [0.25, 0.3) is 0 Å². The van der Waals surface area contributed by atoms with E-state index in [0.717, 1.165) is 38.0 Å². The molecule has 1 aromatic rings. The van der Waals surface area contributed by atoms with Gasteiger partial charge in [-0.15, -0.1) is 0 Å². The molecule has 0 saturated carbocycles. The first-order chi connectivity index (χ1) is 10.1. The van der Waals surface area contributed by atoms with Crippen molar-refractivity contribution in [1.29, 1.82) is 0 Å². The Bertz CT molecular complexity index is 453. The summed E-state index contributed by atoms with van der Waals surface area (Å²) in [6.45, 7) is 5.13. The van der Waals surface area contributed by atoms with E-state index in [0.29, 0.717) is 13.1 Å². The summed E-state index contributed by atoms with van der Waals surface area (Å²) in [5.74, 6) is 0.350. The van der Waals surface area contributed by atoms with Crippen molar-refractivity contribution in [2.75, 3.05) is 31.1 Å². The third-order valence-electron chi connectivity index (χ3n) is 3.99. The van der Waals surface area contributed by atoms with Gasteiger partial charge in [0, 0.05) is 31.9 Å². The molecule has 0 radical (unpaired) electrons. The summed E-state index contributed by atoms with van der Waals surface area (Å²) in [6, 6.07) is 6.82. The molecule has 1 heterocycles. The number of carbonyl (C=O) groups excluding carboxylic acids is 1. The molecule has 3 N–H and O–H groups in total. The molecule has 0 unspecified atom stereocenters. The number of phenols is 1. The van der Waals surface area contributed by atoms with Gasteiger partial charge in [-0.2, -0.15) is 0 Å². The largest absolute Gasteiger partial charge is 0.508 e. The standard InChI is InChI=1S/C16H25N3O2/c1-2-3-4-15(17)16(21)19-11-9-18(10-12-19)13-5-7-14(20)8-6-13/h5-8,15,20H,2-4,9-12,17H2,1H3/t15-/m0/s1. The minimum absolute atomic E-state index is 0.0776. The number of rotatable bonds is 5. The van der Waals surface area contributed by atoms with Gasteiger partial charge in [0.2, 0.25) is 5.91 Å². The minimum atomic E-state index is -0.356. The molecule has 0 spiro atoms. The van der Waals surface area contributed by atoms with Crippen LogP contribution in [-0.4, -0.2) is 48.1 Å². The summed E-state index contributed by atoms with van der Waals surface area (Å²) < 4.78 is 0. The van der Waals surface area contributed by atoms with Crippen LogP contribution in [0, 0.1) is 0 Å². The van der Waals surface area contributed by atoms with Gasteiger partial charge in [0.05, 0.1) is 6.04 Å². The summed E-state index contributed by atoms with van der Waals surface area (Å²) in [7, 11) is 0. The maximum absolute atomic E-state index is 12.2. The monoisotopic (exact) mass is 291 g/mol. The quantitative estimate of drug-likeness (QED) is 0.864. The molecule has 116 valence electrons.